The summed E-state index contributed by atoms with van der Waals surface area (Å²) in [5.41, 5.74) is 12.2. The molecule has 5 aliphatic rings. The molecule has 48 heteroatoms. The number of imidazole rings is 1. The normalized spacial score (nSPS) is 19.3. The summed E-state index contributed by atoms with van der Waals surface area (Å²) < 4.78 is 0. The average Bonchev–Trinajstić information content (AvgIpc) is 1.62. The Bertz CT molecular complexity index is 4840. The van der Waals surface area contributed by atoms with Crippen molar-refractivity contribution >= 4 is 130 Å². The first-order chi connectivity index (χ1) is 65.0. The molecule has 0 aliphatic carbocycles. The highest BCUT2D eigenvalue weighted by atomic mass is 16.4. The van der Waals surface area contributed by atoms with E-state index < -0.39 is 303 Å². The minimum atomic E-state index is -1.74. The second-order valence-electron chi connectivity index (χ2n) is 34.1. The lowest BCUT2D eigenvalue weighted by molar-refractivity contribution is -0.148. The number of rotatable bonds is 50. The van der Waals surface area contributed by atoms with Crippen LogP contribution >= 0.6 is 0 Å². The van der Waals surface area contributed by atoms with E-state index in [1.165, 1.54) is 53.6 Å². The van der Waals surface area contributed by atoms with Gasteiger partial charge >= 0.3 is 11.9 Å². The van der Waals surface area contributed by atoms with E-state index in [4.69, 9.17) is 49.0 Å². The number of hydrogen-bond acceptors (Lipinski definition) is 24. The minimum Gasteiger partial charge on any atom is -0.481 e. The van der Waals surface area contributed by atoms with Crippen molar-refractivity contribution in [3.05, 3.63) is 18.2 Å². The molecule has 23 N–H and O–H groups in total. The van der Waals surface area contributed by atoms with Crippen molar-refractivity contribution in [3.63, 3.8) is 0 Å². The summed E-state index contributed by atoms with van der Waals surface area (Å²) in [6.07, 6.45) is 30.2. The lowest BCUT2D eigenvalue weighted by atomic mass is 10.0. The first kappa shape index (κ1) is 111. The van der Waals surface area contributed by atoms with Crippen LogP contribution in [0.2, 0.25) is 0 Å². The van der Waals surface area contributed by atoms with Crippen molar-refractivity contribution in [1.29, 1.82) is 5.41 Å². The number of aliphatic carboxylic acids is 2. The van der Waals surface area contributed by atoms with Crippen molar-refractivity contribution in [3.8, 4) is 61.7 Å². The number of aromatic nitrogens is 2. The molecule has 1 aromatic rings. The van der Waals surface area contributed by atoms with E-state index in [1.807, 2.05) is 0 Å². The van der Waals surface area contributed by atoms with Crippen LogP contribution in [-0.2, 0) is 107 Å². The summed E-state index contributed by atoms with van der Waals surface area (Å²) >= 11 is 0. The molecule has 6 heterocycles. The number of H-pyrrole nitrogens is 1. The second kappa shape index (κ2) is 54.5. The molecule has 48 nitrogen and oxygen atoms in total. The fourth-order valence-corrected chi connectivity index (χ4v) is 16.2. The van der Waals surface area contributed by atoms with Crippen molar-refractivity contribution < 1.29 is 111 Å². The number of carbonyl (C=O) groups is 21. The number of hydrogen-bond donors (Lipinski definition) is 21. The van der Waals surface area contributed by atoms with Gasteiger partial charge in [-0.2, -0.15) is 0 Å². The summed E-state index contributed by atoms with van der Waals surface area (Å²) in [6, 6.07) is -24.4. The van der Waals surface area contributed by atoms with Crippen LogP contribution < -0.4 is 91.2 Å². The predicted molar refractivity (Wildman–Crippen MR) is 486 cm³/mol. The van der Waals surface area contributed by atoms with E-state index in [0.717, 1.165) is 4.90 Å². The molecular weight excluding hydrogens is 1790 g/mol. The van der Waals surface area contributed by atoms with E-state index in [2.05, 4.69) is 119 Å². The van der Waals surface area contributed by atoms with Crippen molar-refractivity contribution in [2.45, 2.75) is 285 Å². The maximum atomic E-state index is 14.8. The molecule has 137 heavy (non-hydrogen) atoms. The first-order valence-corrected chi connectivity index (χ1v) is 45.1. The van der Waals surface area contributed by atoms with Gasteiger partial charge in [-0.25, -0.2) is 4.98 Å². The van der Waals surface area contributed by atoms with Crippen LogP contribution in [0.3, 0.4) is 0 Å². The monoisotopic (exact) mass is 1910 g/mol. The highest BCUT2D eigenvalue weighted by molar-refractivity contribution is 6.02. The molecule has 19 amide bonds. The number of aryl methyl sites for hydroxylation is 1. The Morgan fingerprint density at radius 1 is 0.423 bits per heavy atom. The average molecular weight is 1910 g/mol. The van der Waals surface area contributed by atoms with Crippen molar-refractivity contribution in [2.75, 3.05) is 52.4 Å². The third-order valence-corrected chi connectivity index (χ3v) is 23.5. The molecule has 0 saturated carbocycles. The number of carbonyl (C=O) groups excluding carboxylic acids is 19. The van der Waals surface area contributed by atoms with Crippen molar-refractivity contribution in [2.24, 2.45) is 17.4 Å². The molecule has 6 rings (SSSR count). The number of amides is 19. The zero-order chi connectivity index (χ0) is 102. The lowest BCUT2D eigenvalue weighted by Crippen LogP contribution is -2.60. The van der Waals surface area contributed by atoms with E-state index in [-0.39, 0.29) is 103 Å². The third kappa shape index (κ3) is 33.0. The number of nitrogens with one attached hydrogen (secondary N) is 17. The van der Waals surface area contributed by atoms with Crippen molar-refractivity contribution in [1.82, 2.24) is 114 Å². The van der Waals surface area contributed by atoms with E-state index in [1.54, 1.807) is 20.0 Å². The van der Waals surface area contributed by atoms with Gasteiger partial charge in [0.15, 0.2) is 5.96 Å². The van der Waals surface area contributed by atoms with Gasteiger partial charge < -0.3 is 131 Å². The fraction of sp³-hybridized carbons (Fsp3) is 0.607. The van der Waals surface area contributed by atoms with Gasteiger partial charge in [-0.05, 0) is 130 Å². The number of guanidine groups is 1. The Hall–Kier alpha value is -14.9. The molecule has 5 fully saturated rings. The van der Waals surface area contributed by atoms with Gasteiger partial charge in [-0.1, -0.05) is 13.8 Å². The topological polar surface area (TPSA) is 700 Å². The minimum absolute atomic E-state index is 0.00893. The second-order valence-corrected chi connectivity index (χ2v) is 34.1. The highest BCUT2D eigenvalue weighted by Crippen LogP contribution is 2.28. The van der Waals surface area contributed by atoms with Crippen LogP contribution in [0, 0.1) is 73.0 Å². The summed E-state index contributed by atoms with van der Waals surface area (Å²) in [5, 5.41) is 64.0. The number of carboxylic acid groups (broad SMARTS) is 2. The number of likely N-dealkylation sites (tertiary alicyclic amines) is 5. The summed E-state index contributed by atoms with van der Waals surface area (Å²) in [4.78, 5) is 300. The fourth-order valence-electron chi connectivity index (χ4n) is 16.2. The molecular formula is C89H125N25O23. The zero-order valence-electron chi connectivity index (χ0n) is 77.3. The van der Waals surface area contributed by atoms with Crippen LogP contribution in [0.15, 0.2) is 12.5 Å². The Balaban J connectivity index is 1.02. The number of carboxylic acids is 2. The van der Waals surface area contributed by atoms with Gasteiger partial charge in [-0.3, -0.25) is 106 Å². The molecule has 0 spiro atoms. The standard InChI is InChI=1S/C89H125N25O23/c1-12-23-55(74(122)103-56(24-13-2)72(120)99-50(9)85(133)114-43-22-33-66(114)87(135)113-42-21-31-64(113)80(128)101-52(11)88(136)137)102-67(115)45-96-78(126)62-29-18-39-110(62)84(132)51(10)100-79(127)63-30-20-41-112(63)86(134)61(28-17-38-94-89(91)92)108-76(124)58(26-15-4)105-77(125)60(36-37-69(117)118)106-81(129)65-32-19-40-111(65)83(131)49(8)98-73(121)57(25-14-3)104-75(123)59(27-16-5)107-82(130)70(48(6)7)109-68(116)46-95-71(119)54(90)35-34-53-44-93-47-97-53/h1-5,44,47-52,54-66,70H,17-43,45-46,90H2,6-11H3,(H,93,97)(H,95,119)(H,96,126)(H,98,121)(H,99,120)(H,100,127)(H,101,128)(H,102,115)(H,103,122)(H,104,123)(H,105,125)(H,106,129)(H,107,130)(H,108,124)(H,109,116)(H,117,118)(H,136,137)(H4,91,92,94)/t49-,50-,51-,52-,54-,55-,56-,57-,58-,59-,60-,61-,62-,63-,64-,65-,66-,70-/m0/s1. The molecule has 5 aliphatic heterocycles. The number of terminal acetylenes is 5. The molecule has 1 aromatic heterocycles. The molecule has 744 valence electrons. The van der Waals surface area contributed by atoms with Crippen LogP contribution in [0.1, 0.15) is 176 Å². The third-order valence-electron chi connectivity index (χ3n) is 23.5. The molecule has 0 aromatic carbocycles. The molecule has 0 radical (unpaired) electrons. The Morgan fingerprint density at radius 3 is 1.23 bits per heavy atom. The molecule has 5 saturated heterocycles. The molecule has 0 unspecified atom stereocenters. The Morgan fingerprint density at radius 2 is 0.796 bits per heavy atom. The SMILES string of the molecule is C#CC[C@H](NC(=O)CNC(=O)[C@@H]1CCCN1C(=O)[C@H](C)NC(=O)[C@@H]1CCCN1C(=O)[C@H](CCCNC(=N)N)NC(=O)[C@H](CC#C)NC(=O)[C@H](CCC(=O)O)NC(=O)[C@@H]1CCCN1C(=O)[C@H](C)NC(=O)[C@H](CC#C)NC(=O)[C@H](CC#C)NC(=O)[C@@H](NC(=O)CNC(=O)[C@@H](N)CCc1c[nH]cn1)C(C)C)C(=O)N[C@@H](CC#C)C(=O)N[C@@H](C)C(=O)N1CCC[C@H]1C(=O)N1CCC[C@H]1C(=O)N[C@@H](C)C(=O)O. The van der Waals surface area contributed by atoms with E-state index in [0.29, 0.717) is 31.4 Å². The van der Waals surface area contributed by atoms with Gasteiger partial charge in [0.1, 0.15) is 103 Å². The quantitative estimate of drug-likeness (QED) is 0.0125. The zero-order valence-corrected chi connectivity index (χ0v) is 77.3. The number of aromatic amines is 1. The Labute approximate surface area is 792 Å². The Kier molecular flexibility index (Phi) is 44.1. The van der Waals surface area contributed by atoms with E-state index >= 15 is 0 Å². The van der Waals surface area contributed by atoms with Gasteiger partial charge in [0.05, 0.1) is 31.2 Å². The molecule has 0 bridgehead atoms. The summed E-state index contributed by atoms with van der Waals surface area (Å²) in [5.74, 6) is -8.56. The maximum Gasteiger partial charge on any atom is 0.325 e. The van der Waals surface area contributed by atoms with Gasteiger partial charge in [0.2, 0.25) is 112 Å². The number of nitrogens with zero attached hydrogens (tertiary/aromatic N) is 6. The summed E-state index contributed by atoms with van der Waals surface area (Å²) in [7, 11) is 0. The van der Waals surface area contributed by atoms with Gasteiger partial charge in [0, 0.05) is 84.0 Å². The van der Waals surface area contributed by atoms with Gasteiger partial charge in [-0.15, -0.1) is 61.7 Å². The smallest absolute Gasteiger partial charge is 0.325 e. The highest BCUT2D eigenvalue weighted by Gasteiger charge is 2.47. The van der Waals surface area contributed by atoms with E-state index in [9.17, 15) is 111 Å². The van der Waals surface area contributed by atoms with Crippen LogP contribution in [-0.4, -0.2) is 336 Å². The molecule has 18 atom stereocenters. The predicted octanol–water partition coefficient (Wildman–Crippen LogP) is -8.26. The van der Waals surface area contributed by atoms with Crippen LogP contribution in [0.25, 0.3) is 0 Å². The van der Waals surface area contributed by atoms with Gasteiger partial charge in [0.25, 0.3) is 0 Å². The van der Waals surface area contributed by atoms with Crippen LogP contribution in [0.5, 0.6) is 0 Å². The largest absolute Gasteiger partial charge is 0.481 e. The summed E-state index contributed by atoms with van der Waals surface area (Å²) in [6.45, 7) is 7.28. The van der Waals surface area contributed by atoms with Crippen LogP contribution in [0.4, 0.5) is 0 Å². The number of nitrogens with two attached hydrogens (primary N) is 2. The maximum absolute atomic E-state index is 14.8. The first-order valence-electron chi connectivity index (χ1n) is 45.1. The lowest BCUT2D eigenvalue weighted by Gasteiger charge is -2.32.